The molecule has 0 heterocycles. The molecule has 2 aliphatic rings. The molecule has 3 rings (SSSR count). The fourth-order valence-corrected chi connectivity index (χ4v) is 3.03. The fraction of sp³-hybridized carbons (Fsp3) is 0.333. The molecule has 4 heteroatoms. The standard InChI is InChI=1S/C15H16N2O2/c16-14(18)10-3-5-12(6-4-10)17-15(19)13-8-9-1-2-11(13)7-9/h1-6,9,11,13H,7-8H2,(H2,16,18)(H,17,19). The van der Waals surface area contributed by atoms with Crippen LogP contribution in [0.1, 0.15) is 23.2 Å². The Morgan fingerprint density at radius 3 is 2.37 bits per heavy atom. The minimum atomic E-state index is -0.462. The Bertz CT molecular complexity index is 548. The number of nitrogens with one attached hydrogen (secondary N) is 1. The number of nitrogens with two attached hydrogens (primary N) is 1. The molecule has 2 amide bonds. The van der Waals surface area contributed by atoms with Crippen LogP contribution in [0.3, 0.4) is 0 Å². The normalized spacial score (nSPS) is 27.5. The molecule has 3 atom stereocenters. The van der Waals surface area contributed by atoms with E-state index in [4.69, 9.17) is 5.73 Å². The number of benzene rings is 1. The van der Waals surface area contributed by atoms with Gasteiger partial charge < -0.3 is 11.1 Å². The first kappa shape index (κ1) is 12.0. The molecule has 0 aromatic heterocycles. The van der Waals surface area contributed by atoms with E-state index in [2.05, 4.69) is 17.5 Å². The lowest BCUT2D eigenvalue weighted by Crippen LogP contribution is -2.25. The number of carbonyl (C=O) groups is 2. The van der Waals surface area contributed by atoms with Gasteiger partial charge in [0.05, 0.1) is 0 Å². The largest absolute Gasteiger partial charge is 0.366 e. The van der Waals surface area contributed by atoms with Crippen molar-refractivity contribution in [1.29, 1.82) is 0 Å². The molecule has 0 saturated heterocycles. The number of anilines is 1. The number of amides is 2. The van der Waals surface area contributed by atoms with E-state index in [-0.39, 0.29) is 11.8 Å². The van der Waals surface area contributed by atoms with E-state index in [1.165, 1.54) is 0 Å². The van der Waals surface area contributed by atoms with Crippen LogP contribution in [-0.4, -0.2) is 11.8 Å². The molecule has 2 aliphatic carbocycles. The van der Waals surface area contributed by atoms with Crippen LogP contribution in [0, 0.1) is 17.8 Å². The smallest absolute Gasteiger partial charge is 0.248 e. The summed E-state index contributed by atoms with van der Waals surface area (Å²) < 4.78 is 0. The second-order valence-corrected chi connectivity index (χ2v) is 5.32. The second-order valence-electron chi connectivity index (χ2n) is 5.32. The van der Waals surface area contributed by atoms with Crippen LogP contribution in [0.5, 0.6) is 0 Å². The van der Waals surface area contributed by atoms with Crippen LogP contribution in [0.15, 0.2) is 36.4 Å². The van der Waals surface area contributed by atoms with Gasteiger partial charge in [-0.05, 0) is 48.9 Å². The predicted molar refractivity (Wildman–Crippen MR) is 72.4 cm³/mol. The quantitative estimate of drug-likeness (QED) is 0.811. The molecule has 1 fully saturated rings. The van der Waals surface area contributed by atoms with E-state index in [0.717, 1.165) is 12.8 Å². The van der Waals surface area contributed by atoms with Gasteiger partial charge in [-0.25, -0.2) is 0 Å². The molecule has 0 spiro atoms. The molecule has 3 N–H and O–H groups in total. The van der Waals surface area contributed by atoms with Crippen molar-refractivity contribution in [3.8, 4) is 0 Å². The molecular weight excluding hydrogens is 240 g/mol. The highest BCUT2D eigenvalue weighted by Crippen LogP contribution is 2.43. The van der Waals surface area contributed by atoms with Crippen LogP contribution in [-0.2, 0) is 4.79 Å². The fourth-order valence-electron chi connectivity index (χ4n) is 3.03. The average molecular weight is 256 g/mol. The Labute approximate surface area is 111 Å². The van der Waals surface area contributed by atoms with Gasteiger partial charge in [0, 0.05) is 17.2 Å². The van der Waals surface area contributed by atoms with Crippen molar-refractivity contribution in [2.75, 3.05) is 5.32 Å². The van der Waals surface area contributed by atoms with Gasteiger partial charge in [-0.2, -0.15) is 0 Å². The summed E-state index contributed by atoms with van der Waals surface area (Å²) in [6, 6.07) is 6.67. The maximum Gasteiger partial charge on any atom is 0.248 e. The van der Waals surface area contributed by atoms with Crippen molar-refractivity contribution in [3.63, 3.8) is 0 Å². The number of carbonyl (C=O) groups excluding carboxylic acids is 2. The molecule has 3 unspecified atom stereocenters. The molecular formula is C15H16N2O2. The second kappa shape index (κ2) is 4.53. The molecule has 4 nitrogen and oxygen atoms in total. The molecule has 98 valence electrons. The highest BCUT2D eigenvalue weighted by atomic mass is 16.2. The summed E-state index contributed by atoms with van der Waals surface area (Å²) in [7, 11) is 0. The van der Waals surface area contributed by atoms with E-state index >= 15 is 0 Å². The van der Waals surface area contributed by atoms with Gasteiger partial charge in [-0.3, -0.25) is 9.59 Å². The lowest BCUT2D eigenvalue weighted by atomic mass is 9.93. The first-order chi connectivity index (χ1) is 9.13. The molecule has 1 aromatic carbocycles. The molecule has 2 bridgehead atoms. The number of allylic oxidation sites excluding steroid dienone is 2. The minimum Gasteiger partial charge on any atom is -0.366 e. The summed E-state index contributed by atoms with van der Waals surface area (Å²) in [5, 5.41) is 2.91. The van der Waals surface area contributed by atoms with Crippen LogP contribution >= 0.6 is 0 Å². The number of hydrogen-bond acceptors (Lipinski definition) is 2. The van der Waals surface area contributed by atoms with Gasteiger partial charge in [0.25, 0.3) is 0 Å². The third-order valence-corrected chi connectivity index (χ3v) is 4.05. The van der Waals surface area contributed by atoms with Gasteiger partial charge in [0.1, 0.15) is 0 Å². The first-order valence-electron chi connectivity index (χ1n) is 6.52. The topological polar surface area (TPSA) is 72.2 Å². The number of fused-ring (bicyclic) bond motifs is 2. The third kappa shape index (κ3) is 2.26. The predicted octanol–water partition coefficient (Wildman–Crippen LogP) is 1.94. The molecule has 19 heavy (non-hydrogen) atoms. The minimum absolute atomic E-state index is 0.0728. The SMILES string of the molecule is NC(=O)c1ccc(NC(=O)C2CC3C=CC2C3)cc1. The van der Waals surface area contributed by atoms with Crippen LogP contribution in [0.4, 0.5) is 5.69 Å². The Balaban J connectivity index is 1.66. The summed E-state index contributed by atoms with van der Waals surface area (Å²) in [4.78, 5) is 23.1. The van der Waals surface area contributed by atoms with Gasteiger partial charge in [-0.15, -0.1) is 0 Å². The Morgan fingerprint density at radius 2 is 1.84 bits per heavy atom. The van der Waals surface area contributed by atoms with E-state index in [9.17, 15) is 9.59 Å². The molecule has 1 aromatic rings. The van der Waals surface area contributed by atoms with Gasteiger partial charge in [-0.1, -0.05) is 12.2 Å². The van der Waals surface area contributed by atoms with Crippen molar-refractivity contribution in [2.45, 2.75) is 12.8 Å². The monoisotopic (exact) mass is 256 g/mol. The molecule has 1 saturated carbocycles. The zero-order valence-electron chi connectivity index (χ0n) is 10.5. The molecule has 0 aliphatic heterocycles. The van der Waals surface area contributed by atoms with E-state index in [1.54, 1.807) is 24.3 Å². The Hall–Kier alpha value is -2.10. The Kier molecular flexibility index (Phi) is 2.85. The van der Waals surface area contributed by atoms with Gasteiger partial charge in [0.2, 0.25) is 11.8 Å². The maximum absolute atomic E-state index is 12.2. The number of hydrogen-bond donors (Lipinski definition) is 2. The summed E-state index contributed by atoms with van der Waals surface area (Å²) in [5.74, 6) is 0.679. The Morgan fingerprint density at radius 1 is 1.11 bits per heavy atom. The van der Waals surface area contributed by atoms with E-state index in [0.29, 0.717) is 23.1 Å². The molecule has 0 radical (unpaired) electrons. The summed E-state index contributed by atoms with van der Waals surface area (Å²) in [6.45, 7) is 0. The zero-order valence-corrected chi connectivity index (χ0v) is 10.5. The highest BCUT2D eigenvalue weighted by molar-refractivity contribution is 5.95. The van der Waals surface area contributed by atoms with Crippen LogP contribution < -0.4 is 11.1 Å². The summed E-state index contributed by atoms with van der Waals surface area (Å²) in [6.07, 6.45) is 6.44. The van der Waals surface area contributed by atoms with Crippen LogP contribution in [0.25, 0.3) is 0 Å². The van der Waals surface area contributed by atoms with E-state index in [1.807, 2.05) is 0 Å². The average Bonchev–Trinajstić information content (AvgIpc) is 3.01. The summed E-state index contributed by atoms with van der Waals surface area (Å²) >= 11 is 0. The van der Waals surface area contributed by atoms with Crippen LogP contribution in [0.2, 0.25) is 0 Å². The van der Waals surface area contributed by atoms with E-state index < -0.39 is 5.91 Å². The number of rotatable bonds is 3. The van der Waals surface area contributed by atoms with Crippen molar-refractivity contribution < 1.29 is 9.59 Å². The van der Waals surface area contributed by atoms with Crippen molar-refractivity contribution in [2.24, 2.45) is 23.5 Å². The summed E-state index contributed by atoms with van der Waals surface area (Å²) in [5.41, 5.74) is 6.33. The van der Waals surface area contributed by atoms with Crippen molar-refractivity contribution >= 4 is 17.5 Å². The van der Waals surface area contributed by atoms with Crippen molar-refractivity contribution in [1.82, 2.24) is 0 Å². The lowest BCUT2D eigenvalue weighted by Gasteiger charge is -2.17. The van der Waals surface area contributed by atoms with Crippen molar-refractivity contribution in [3.05, 3.63) is 42.0 Å². The third-order valence-electron chi connectivity index (χ3n) is 4.05. The van der Waals surface area contributed by atoms with Gasteiger partial charge >= 0.3 is 0 Å². The highest BCUT2D eigenvalue weighted by Gasteiger charge is 2.39. The van der Waals surface area contributed by atoms with Gasteiger partial charge in [0.15, 0.2) is 0 Å². The lowest BCUT2D eigenvalue weighted by molar-refractivity contribution is -0.120. The zero-order chi connectivity index (χ0) is 13.4. The maximum atomic E-state index is 12.2. The first-order valence-corrected chi connectivity index (χ1v) is 6.52. The number of primary amides is 1.